The fourth-order valence-electron chi connectivity index (χ4n) is 2.42. The summed E-state index contributed by atoms with van der Waals surface area (Å²) >= 11 is 0. The highest BCUT2D eigenvalue weighted by molar-refractivity contribution is 5.94. The van der Waals surface area contributed by atoms with Crippen LogP contribution in [0.1, 0.15) is 12.5 Å². The Morgan fingerprint density at radius 1 is 0.926 bits per heavy atom. The largest absolute Gasteiger partial charge is 0.494 e. The van der Waals surface area contributed by atoms with Gasteiger partial charge in [0.05, 0.1) is 33.8 Å². The summed E-state index contributed by atoms with van der Waals surface area (Å²) in [5, 5.41) is 5.32. The summed E-state index contributed by atoms with van der Waals surface area (Å²) in [7, 11) is 3.08. The molecule has 2 aromatic carbocycles. The van der Waals surface area contributed by atoms with E-state index in [1.54, 1.807) is 49.6 Å². The number of amides is 2. The second-order valence-electron chi connectivity index (χ2n) is 5.65. The highest BCUT2D eigenvalue weighted by Gasteiger charge is 2.10. The lowest BCUT2D eigenvalue weighted by molar-refractivity contribution is -0.123. The molecule has 2 aromatic rings. The molecule has 0 aliphatic heterocycles. The van der Waals surface area contributed by atoms with Crippen molar-refractivity contribution < 1.29 is 23.8 Å². The molecule has 2 amide bonds. The lowest BCUT2D eigenvalue weighted by atomic mass is 10.1. The molecule has 0 aliphatic carbocycles. The minimum absolute atomic E-state index is 0.112. The maximum absolute atomic E-state index is 12.1. The van der Waals surface area contributed by atoms with E-state index in [-0.39, 0.29) is 24.8 Å². The zero-order chi connectivity index (χ0) is 19.6. The van der Waals surface area contributed by atoms with Crippen LogP contribution >= 0.6 is 0 Å². The summed E-state index contributed by atoms with van der Waals surface area (Å²) in [6, 6.07) is 12.3. The molecule has 0 radical (unpaired) electrons. The molecule has 7 heteroatoms. The van der Waals surface area contributed by atoms with Crippen molar-refractivity contribution in [2.45, 2.75) is 13.3 Å². The number of nitrogens with one attached hydrogen (secondary N) is 2. The minimum atomic E-state index is -0.306. The van der Waals surface area contributed by atoms with Crippen LogP contribution in [0.4, 0.5) is 5.69 Å². The average Bonchev–Trinajstić information content (AvgIpc) is 2.68. The SMILES string of the molecule is CCOc1ccc(NC(=O)CNC(=O)Cc2ccc(OC)c(OC)c2)cc1. The third kappa shape index (κ3) is 6.22. The molecule has 2 rings (SSSR count). The van der Waals surface area contributed by atoms with E-state index in [0.29, 0.717) is 23.8 Å². The van der Waals surface area contributed by atoms with Crippen LogP contribution in [0.2, 0.25) is 0 Å². The molecular formula is C20H24N2O5. The highest BCUT2D eigenvalue weighted by Crippen LogP contribution is 2.27. The van der Waals surface area contributed by atoms with Gasteiger partial charge in [-0.05, 0) is 48.9 Å². The Morgan fingerprint density at radius 3 is 2.26 bits per heavy atom. The Morgan fingerprint density at radius 2 is 1.63 bits per heavy atom. The van der Waals surface area contributed by atoms with Crippen molar-refractivity contribution >= 4 is 17.5 Å². The van der Waals surface area contributed by atoms with Crippen LogP contribution in [0, 0.1) is 0 Å². The number of methoxy groups -OCH3 is 2. The van der Waals surface area contributed by atoms with Gasteiger partial charge in [-0.25, -0.2) is 0 Å². The molecule has 144 valence electrons. The molecule has 0 saturated heterocycles. The van der Waals surface area contributed by atoms with Gasteiger partial charge in [0.2, 0.25) is 11.8 Å². The van der Waals surface area contributed by atoms with E-state index in [1.807, 2.05) is 6.92 Å². The Hall–Kier alpha value is -3.22. The first-order valence-electron chi connectivity index (χ1n) is 8.56. The summed E-state index contributed by atoms with van der Waals surface area (Å²) in [5.41, 5.74) is 1.40. The summed E-state index contributed by atoms with van der Waals surface area (Å²) in [6.07, 6.45) is 0.136. The van der Waals surface area contributed by atoms with E-state index in [4.69, 9.17) is 14.2 Å². The first-order valence-corrected chi connectivity index (χ1v) is 8.56. The molecule has 0 fully saturated rings. The zero-order valence-electron chi connectivity index (χ0n) is 15.7. The van der Waals surface area contributed by atoms with Crippen LogP contribution in [0.5, 0.6) is 17.2 Å². The van der Waals surface area contributed by atoms with Gasteiger partial charge in [0.1, 0.15) is 5.75 Å². The number of carbonyl (C=O) groups is 2. The first-order chi connectivity index (χ1) is 13.0. The third-order valence-electron chi connectivity index (χ3n) is 3.71. The first kappa shape index (κ1) is 20.1. The number of anilines is 1. The van der Waals surface area contributed by atoms with E-state index < -0.39 is 0 Å². The monoisotopic (exact) mass is 372 g/mol. The summed E-state index contributed by atoms with van der Waals surface area (Å²) in [6.45, 7) is 2.37. The van der Waals surface area contributed by atoms with Crippen molar-refractivity contribution in [3.8, 4) is 17.2 Å². The lowest BCUT2D eigenvalue weighted by Crippen LogP contribution is -2.33. The number of rotatable bonds is 9. The number of benzene rings is 2. The lowest BCUT2D eigenvalue weighted by Gasteiger charge is -2.10. The van der Waals surface area contributed by atoms with Crippen LogP contribution < -0.4 is 24.8 Å². The number of hydrogen-bond donors (Lipinski definition) is 2. The van der Waals surface area contributed by atoms with E-state index in [2.05, 4.69) is 10.6 Å². The molecule has 0 heterocycles. The van der Waals surface area contributed by atoms with E-state index in [1.165, 1.54) is 7.11 Å². The third-order valence-corrected chi connectivity index (χ3v) is 3.71. The smallest absolute Gasteiger partial charge is 0.243 e. The van der Waals surface area contributed by atoms with Crippen molar-refractivity contribution in [2.75, 3.05) is 32.7 Å². The molecule has 0 unspecified atom stereocenters. The second kappa shape index (κ2) is 10.1. The van der Waals surface area contributed by atoms with Gasteiger partial charge in [0.25, 0.3) is 0 Å². The van der Waals surface area contributed by atoms with Crippen molar-refractivity contribution in [3.05, 3.63) is 48.0 Å². The maximum Gasteiger partial charge on any atom is 0.243 e. The standard InChI is InChI=1S/C20H24N2O5/c1-4-27-16-8-6-15(7-9-16)22-20(24)13-21-19(23)12-14-5-10-17(25-2)18(11-14)26-3/h5-11H,4,12-13H2,1-3H3,(H,21,23)(H,22,24). The number of carbonyl (C=O) groups excluding carboxylic acids is 2. The molecular weight excluding hydrogens is 348 g/mol. The number of ether oxygens (including phenoxy) is 3. The van der Waals surface area contributed by atoms with Crippen LogP contribution in [0.25, 0.3) is 0 Å². The van der Waals surface area contributed by atoms with E-state index >= 15 is 0 Å². The number of hydrogen-bond acceptors (Lipinski definition) is 5. The van der Waals surface area contributed by atoms with Gasteiger partial charge in [-0.2, -0.15) is 0 Å². The van der Waals surface area contributed by atoms with Gasteiger partial charge in [-0.3, -0.25) is 9.59 Å². The summed E-state index contributed by atoms with van der Waals surface area (Å²) < 4.78 is 15.7. The normalized spacial score (nSPS) is 10.0. The van der Waals surface area contributed by atoms with Gasteiger partial charge in [0, 0.05) is 5.69 Å². The van der Waals surface area contributed by atoms with Crippen molar-refractivity contribution in [3.63, 3.8) is 0 Å². The predicted octanol–water partition coefficient (Wildman–Crippen LogP) is 2.40. The van der Waals surface area contributed by atoms with Crippen molar-refractivity contribution in [1.29, 1.82) is 0 Å². The molecule has 0 aliphatic rings. The quantitative estimate of drug-likeness (QED) is 0.706. The summed E-state index contributed by atoms with van der Waals surface area (Å²) in [4.78, 5) is 24.0. The van der Waals surface area contributed by atoms with Crippen LogP contribution in [0.3, 0.4) is 0 Å². The highest BCUT2D eigenvalue weighted by atomic mass is 16.5. The van der Waals surface area contributed by atoms with Gasteiger partial charge in [0.15, 0.2) is 11.5 Å². The Balaban J connectivity index is 1.81. The van der Waals surface area contributed by atoms with Gasteiger partial charge in [-0.15, -0.1) is 0 Å². The van der Waals surface area contributed by atoms with Gasteiger partial charge >= 0.3 is 0 Å². The molecule has 0 bridgehead atoms. The van der Waals surface area contributed by atoms with Crippen molar-refractivity contribution in [2.24, 2.45) is 0 Å². The molecule has 27 heavy (non-hydrogen) atoms. The fraction of sp³-hybridized carbons (Fsp3) is 0.300. The molecule has 0 saturated carbocycles. The molecule has 7 nitrogen and oxygen atoms in total. The molecule has 0 atom stereocenters. The predicted molar refractivity (Wildman–Crippen MR) is 103 cm³/mol. The molecule has 0 aromatic heterocycles. The minimum Gasteiger partial charge on any atom is -0.494 e. The Bertz CT molecular complexity index is 774. The Kier molecular flexibility index (Phi) is 7.49. The second-order valence-corrected chi connectivity index (χ2v) is 5.65. The molecule has 2 N–H and O–H groups in total. The Labute approximate surface area is 158 Å². The van der Waals surface area contributed by atoms with Crippen LogP contribution in [-0.4, -0.2) is 39.2 Å². The van der Waals surface area contributed by atoms with Crippen molar-refractivity contribution in [1.82, 2.24) is 5.32 Å². The average molecular weight is 372 g/mol. The topological polar surface area (TPSA) is 85.9 Å². The van der Waals surface area contributed by atoms with E-state index in [9.17, 15) is 9.59 Å². The maximum atomic E-state index is 12.1. The van der Waals surface area contributed by atoms with Crippen LogP contribution in [-0.2, 0) is 16.0 Å². The zero-order valence-corrected chi connectivity index (χ0v) is 15.7. The molecule has 0 spiro atoms. The van der Waals surface area contributed by atoms with Gasteiger partial charge < -0.3 is 24.8 Å². The summed E-state index contributed by atoms with van der Waals surface area (Å²) in [5.74, 6) is 1.31. The van der Waals surface area contributed by atoms with Crippen LogP contribution in [0.15, 0.2) is 42.5 Å². The van der Waals surface area contributed by atoms with Gasteiger partial charge in [-0.1, -0.05) is 6.07 Å². The van der Waals surface area contributed by atoms with E-state index in [0.717, 1.165) is 11.3 Å². The fourth-order valence-corrected chi connectivity index (χ4v) is 2.42.